The second-order valence-corrected chi connectivity index (χ2v) is 11.8. The predicted octanol–water partition coefficient (Wildman–Crippen LogP) is 5.79. The van der Waals surface area contributed by atoms with Gasteiger partial charge in [-0.25, -0.2) is 0 Å². The molecular weight excluding hydrogens is 620 g/mol. The number of anilines is 1. The van der Waals surface area contributed by atoms with E-state index >= 15 is 0 Å². The van der Waals surface area contributed by atoms with Crippen molar-refractivity contribution in [1.29, 1.82) is 0 Å². The number of fused-ring (bicyclic) bond motifs is 6. The standard InChI is InChI=1S/C37H27B2N3O7/c1-42(2)26-11-9-25(10-12-26)41-40-24-7-3-21(4-8-24)32(43)20-33(44)22-5-14-29-28(17-22)36(45)48-37(29)30-15-6-23(39-46)18-34(30)47-35-19-27(49-38)13-16-31(35)37/h3-19H,20,38H2,1-2H3. The second-order valence-electron chi connectivity index (χ2n) is 11.8. The van der Waals surface area contributed by atoms with Crippen molar-refractivity contribution in [3.63, 3.8) is 0 Å². The molecule has 0 radical (unpaired) electrons. The number of esters is 1. The molecule has 49 heavy (non-hydrogen) atoms. The van der Waals surface area contributed by atoms with Gasteiger partial charge in [0.1, 0.15) is 0 Å². The normalized spacial score (nSPS) is 15.4. The van der Waals surface area contributed by atoms with Gasteiger partial charge in [0.05, 0.1) is 11.4 Å². The Kier molecular flexibility index (Phi) is 7.99. The molecular formula is C37H27B2N3O7. The van der Waals surface area contributed by atoms with E-state index < -0.39 is 23.8 Å². The minimum absolute atomic E-state index is 0.193. The van der Waals surface area contributed by atoms with Crippen LogP contribution in [-0.4, -0.2) is 46.8 Å². The van der Waals surface area contributed by atoms with Gasteiger partial charge < -0.3 is 4.90 Å². The Balaban J connectivity index is 1.13. The zero-order valence-corrected chi connectivity index (χ0v) is 26.8. The number of nitrogens with zero attached hydrogens (tertiary/aromatic N) is 3. The van der Waals surface area contributed by atoms with Gasteiger partial charge in [-0.05, 0) is 48.5 Å². The zero-order chi connectivity index (χ0) is 34.3. The Labute approximate surface area is 283 Å². The second kappa shape index (κ2) is 12.5. The zero-order valence-electron chi connectivity index (χ0n) is 26.8. The van der Waals surface area contributed by atoms with Gasteiger partial charge in [-0.3, -0.25) is 4.79 Å². The molecule has 2 heterocycles. The first-order valence-electron chi connectivity index (χ1n) is 15.4. The Bertz CT molecular complexity index is 2200. The van der Waals surface area contributed by atoms with Gasteiger partial charge in [0.25, 0.3) is 0 Å². The summed E-state index contributed by atoms with van der Waals surface area (Å²) in [6.45, 7) is 0. The third-order valence-corrected chi connectivity index (χ3v) is 8.65. The van der Waals surface area contributed by atoms with E-state index in [1.807, 2.05) is 43.3 Å². The van der Waals surface area contributed by atoms with Crippen LogP contribution in [0.1, 0.15) is 54.2 Å². The number of carbonyl (C=O) groups is 3. The fourth-order valence-corrected chi connectivity index (χ4v) is 6.10. The molecule has 0 N–H and O–H groups in total. The Morgan fingerprint density at radius 3 is 2.02 bits per heavy atom. The van der Waals surface area contributed by atoms with E-state index in [-0.39, 0.29) is 16.9 Å². The van der Waals surface area contributed by atoms with Crippen LogP contribution in [0.4, 0.5) is 17.1 Å². The fraction of sp³-hybridized carbons (Fsp3) is 0.108. The first-order valence-corrected chi connectivity index (χ1v) is 15.4. The average Bonchev–Trinajstić information content (AvgIpc) is 3.41. The van der Waals surface area contributed by atoms with E-state index in [9.17, 15) is 19.1 Å². The van der Waals surface area contributed by atoms with Crippen molar-refractivity contribution in [3.8, 4) is 17.2 Å². The summed E-state index contributed by atoms with van der Waals surface area (Å²) in [7, 11) is 6.15. The third kappa shape index (κ3) is 5.61. The number of hydrogen-bond donors (Lipinski definition) is 0. The molecule has 1 atom stereocenters. The van der Waals surface area contributed by atoms with Gasteiger partial charge in [-0.2, -0.15) is 10.2 Å². The quantitative estimate of drug-likeness (QED) is 0.0648. The SMILES string of the molecule is BOc1ccc2c(c1)Oc1cc(B=O)ccc1C21OC(=O)c2cc(C(=O)CC(=O)c3ccc(N=Nc4ccc(N(C)C)cc4)cc3)ccc21. The summed E-state index contributed by atoms with van der Waals surface area (Å²) in [6, 6.07) is 29.0. The van der Waals surface area contributed by atoms with Crippen LogP contribution < -0.4 is 19.8 Å². The van der Waals surface area contributed by atoms with Crippen LogP contribution in [-0.2, 0) is 15.0 Å². The van der Waals surface area contributed by atoms with Crippen LogP contribution in [0.25, 0.3) is 0 Å². The first kappa shape index (κ1) is 31.4. The molecule has 238 valence electrons. The van der Waals surface area contributed by atoms with Crippen LogP contribution in [0.15, 0.2) is 113 Å². The van der Waals surface area contributed by atoms with E-state index in [2.05, 4.69) is 10.2 Å². The molecule has 0 fully saturated rings. The van der Waals surface area contributed by atoms with E-state index in [1.165, 1.54) is 14.1 Å². The monoisotopic (exact) mass is 647 g/mol. The number of rotatable bonds is 9. The number of ketones is 2. The molecule has 0 saturated carbocycles. The first-order chi connectivity index (χ1) is 23.7. The summed E-state index contributed by atoms with van der Waals surface area (Å²) in [5.41, 5.74) is 3.64. The summed E-state index contributed by atoms with van der Waals surface area (Å²) in [4.78, 5) is 42.0. The summed E-state index contributed by atoms with van der Waals surface area (Å²) in [5.74, 6) is -0.179. The molecule has 2 aliphatic rings. The maximum atomic E-state index is 13.5. The number of ether oxygens (including phenoxy) is 2. The molecule has 5 aromatic carbocycles. The molecule has 12 heteroatoms. The Morgan fingerprint density at radius 1 is 0.776 bits per heavy atom. The van der Waals surface area contributed by atoms with Crippen molar-refractivity contribution in [1.82, 2.24) is 0 Å². The van der Waals surface area contributed by atoms with Gasteiger partial charge >= 0.3 is 178 Å². The summed E-state index contributed by atoms with van der Waals surface area (Å²) in [5, 5.41) is 8.49. The topological polar surface area (TPSA) is 124 Å². The molecule has 0 amide bonds. The van der Waals surface area contributed by atoms with Crippen LogP contribution in [0.2, 0.25) is 0 Å². The van der Waals surface area contributed by atoms with E-state index in [0.29, 0.717) is 63.5 Å². The molecule has 1 unspecified atom stereocenters. The third-order valence-electron chi connectivity index (χ3n) is 8.65. The van der Waals surface area contributed by atoms with Crippen molar-refractivity contribution in [2.75, 3.05) is 19.0 Å². The average molecular weight is 647 g/mol. The van der Waals surface area contributed by atoms with Crippen molar-refractivity contribution < 1.29 is 33.2 Å². The van der Waals surface area contributed by atoms with Gasteiger partial charge in [0, 0.05) is 25.3 Å². The molecule has 7 rings (SSSR count). The minimum atomic E-state index is -1.39. The van der Waals surface area contributed by atoms with Crippen LogP contribution in [0.5, 0.6) is 17.2 Å². The predicted molar refractivity (Wildman–Crippen MR) is 185 cm³/mol. The van der Waals surface area contributed by atoms with E-state index in [4.69, 9.17) is 14.1 Å². The molecule has 1 spiro atoms. The number of carbonyl (C=O) groups excluding carboxylic acids is 3. The van der Waals surface area contributed by atoms with E-state index in [0.717, 1.165) is 5.69 Å². The van der Waals surface area contributed by atoms with Crippen molar-refractivity contribution in [3.05, 3.63) is 137 Å². The molecule has 0 saturated heterocycles. The summed E-state index contributed by atoms with van der Waals surface area (Å²) >= 11 is 0. The fourth-order valence-electron chi connectivity index (χ4n) is 6.10. The van der Waals surface area contributed by atoms with E-state index in [1.54, 1.807) is 72.8 Å². The van der Waals surface area contributed by atoms with Gasteiger partial charge in [0.15, 0.2) is 0 Å². The number of hydrogen-bond acceptors (Lipinski definition) is 10. The van der Waals surface area contributed by atoms with Gasteiger partial charge in [-0.1, -0.05) is 0 Å². The van der Waals surface area contributed by atoms with Crippen LogP contribution in [0.3, 0.4) is 0 Å². The van der Waals surface area contributed by atoms with Crippen molar-refractivity contribution >= 4 is 55.3 Å². The molecule has 0 aromatic heterocycles. The summed E-state index contributed by atoms with van der Waals surface area (Å²) in [6.07, 6.45) is -0.397. The summed E-state index contributed by atoms with van der Waals surface area (Å²) < 4.78 is 29.3. The van der Waals surface area contributed by atoms with Crippen molar-refractivity contribution in [2.45, 2.75) is 12.0 Å². The molecule has 10 nitrogen and oxygen atoms in total. The number of benzene rings is 5. The number of Topliss-reactive ketones (excluding diaryl/α,β-unsaturated/α-hetero) is 2. The molecule has 2 aliphatic heterocycles. The molecule has 5 aromatic rings. The molecule has 0 bridgehead atoms. The van der Waals surface area contributed by atoms with Gasteiger partial charge in [0.2, 0.25) is 0 Å². The Morgan fingerprint density at radius 2 is 1.37 bits per heavy atom. The maximum absolute atomic E-state index is 13.5. The van der Waals surface area contributed by atoms with Crippen LogP contribution in [0, 0.1) is 0 Å². The van der Waals surface area contributed by atoms with Crippen molar-refractivity contribution in [2.24, 2.45) is 10.2 Å². The number of azo groups is 1. The Hall–Kier alpha value is -6.16. The van der Waals surface area contributed by atoms with Crippen LogP contribution >= 0.6 is 0 Å². The van der Waals surface area contributed by atoms with Gasteiger partial charge in [-0.15, -0.1) is 0 Å². The molecule has 0 aliphatic carbocycles.